The number of halogens is 3. The van der Waals surface area contributed by atoms with Crippen LogP contribution >= 0.6 is 11.8 Å². The molecule has 1 N–H and O–H groups in total. The lowest BCUT2D eigenvalue weighted by atomic mass is 10.1. The third kappa shape index (κ3) is 4.80. The van der Waals surface area contributed by atoms with Gasteiger partial charge < -0.3 is 19.2 Å². The van der Waals surface area contributed by atoms with Crippen molar-refractivity contribution in [3.8, 4) is 22.8 Å². The number of hydrogen-bond acceptors (Lipinski definition) is 7. The highest BCUT2D eigenvalue weighted by atomic mass is 32.2. The Morgan fingerprint density at radius 3 is 2.67 bits per heavy atom. The minimum atomic E-state index is -4.50. The van der Waals surface area contributed by atoms with E-state index in [0.29, 0.717) is 28.9 Å². The van der Waals surface area contributed by atoms with Gasteiger partial charge in [-0.3, -0.25) is 19.3 Å². The van der Waals surface area contributed by atoms with Gasteiger partial charge in [-0.05, 0) is 48.2 Å². The van der Waals surface area contributed by atoms with Crippen molar-refractivity contribution in [1.29, 1.82) is 0 Å². The average Bonchev–Trinajstić information content (AvgIpc) is 3.55. The van der Waals surface area contributed by atoms with Crippen molar-refractivity contribution in [2.45, 2.75) is 6.18 Å². The molecule has 0 radical (unpaired) electrons. The van der Waals surface area contributed by atoms with Crippen LogP contribution in [0.5, 0.6) is 11.5 Å². The zero-order valence-electron chi connectivity index (χ0n) is 18.1. The second-order valence-corrected chi connectivity index (χ2v) is 8.66. The Bertz CT molecular complexity index is 1410. The van der Waals surface area contributed by atoms with Crippen molar-refractivity contribution in [2.75, 3.05) is 18.7 Å². The second-order valence-electron chi connectivity index (χ2n) is 7.66. The molecular weight excluding hydrogens is 501 g/mol. The molecule has 0 atom stereocenters. The first-order chi connectivity index (χ1) is 17.2. The van der Waals surface area contributed by atoms with Gasteiger partial charge in [-0.1, -0.05) is 12.1 Å². The number of anilines is 1. The minimum absolute atomic E-state index is 0.0146. The molecule has 3 heterocycles. The number of fused-ring (bicyclic) bond motifs is 1. The van der Waals surface area contributed by atoms with Crippen molar-refractivity contribution < 1.29 is 41.4 Å². The van der Waals surface area contributed by atoms with E-state index >= 15 is 0 Å². The Kier molecular flexibility index (Phi) is 5.96. The van der Waals surface area contributed by atoms with Gasteiger partial charge in [0.05, 0.1) is 10.5 Å². The monoisotopic (exact) mass is 516 g/mol. The van der Waals surface area contributed by atoms with Crippen LogP contribution in [-0.4, -0.2) is 35.3 Å². The van der Waals surface area contributed by atoms with E-state index in [1.165, 1.54) is 30.3 Å². The zero-order chi connectivity index (χ0) is 25.4. The molecule has 0 saturated carbocycles. The van der Waals surface area contributed by atoms with Crippen LogP contribution in [0.1, 0.15) is 11.3 Å². The summed E-state index contributed by atoms with van der Waals surface area (Å²) in [5, 5.41) is 1.95. The number of hydrogen-bond donors (Lipinski definition) is 1. The topological polar surface area (TPSA) is 98.1 Å². The number of amides is 3. The number of ether oxygens (including phenoxy) is 2. The Balaban J connectivity index is 1.26. The maximum atomic E-state index is 13.0. The molecule has 0 aliphatic carbocycles. The number of furan rings is 1. The fourth-order valence-corrected chi connectivity index (χ4v) is 4.34. The number of rotatable bonds is 5. The predicted octanol–water partition coefficient (Wildman–Crippen LogP) is 5.37. The SMILES string of the molecule is O=C(CN1C(=O)S/C(=C/c2ccc(-c3cccc(C(F)(F)F)c3)o2)C1=O)Nc1ccc2c(c1)OCO2. The molecule has 184 valence electrons. The number of thioether (sulfide) groups is 1. The van der Waals surface area contributed by atoms with Crippen LogP contribution in [0.15, 0.2) is 63.9 Å². The summed E-state index contributed by atoms with van der Waals surface area (Å²) in [6.45, 7) is -0.433. The highest BCUT2D eigenvalue weighted by Gasteiger charge is 2.36. The molecule has 0 unspecified atom stereocenters. The van der Waals surface area contributed by atoms with Gasteiger partial charge in [0.1, 0.15) is 18.1 Å². The number of carbonyl (C=O) groups is 3. The summed E-state index contributed by atoms with van der Waals surface area (Å²) in [7, 11) is 0. The fourth-order valence-electron chi connectivity index (χ4n) is 3.52. The molecule has 3 aromatic rings. The molecule has 1 aromatic heterocycles. The van der Waals surface area contributed by atoms with Crippen LogP contribution < -0.4 is 14.8 Å². The number of alkyl halides is 3. The van der Waals surface area contributed by atoms with E-state index in [9.17, 15) is 27.6 Å². The molecule has 12 heteroatoms. The summed E-state index contributed by atoms with van der Waals surface area (Å²) in [5.41, 5.74) is -0.208. The maximum absolute atomic E-state index is 13.0. The number of benzene rings is 2. The van der Waals surface area contributed by atoms with Gasteiger partial charge in [-0.15, -0.1) is 0 Å². The van der Waals surface area contributed by atoms with Crippen molar-refractivity contribution in [3.05, 3.63) is 70.8 Å². The predicted molar refractivity (Wildman–Crippen MR) is 123 cm³/mol. The third-order valence-corrected chi connectivity index (χ3v) is 6.11. The lowest BCUT2D eigenvalue weighted by Gasteiger charge is -2.12. The van der Waals surface area contributed by atoms with Crippen LogP contribution in [0.3, 0.4) is 0 Å². The second kappa shape index (κ2) is 9.11. The lowest BCUT2D eigenvalue weighted by molar-refractivity contribution is -0.137. The highest BCUT2D eigenvalue weighted by molar-refractivity contribution is 8.18. The highest BCUT2D eigenvalue weighted by Crippen LogP contribution is 2.36. The first-order valence-corrected chi connectivity index (χ1v) is 11.2. The fraction of sp³-hybridized carbons (Fsp3) is 0.125. The molecule has 0 spiro atoms. The average molecular weight is 516 g/mol. The first kappa shape index (κ1) is 23.5. The van der Waals surface area contributed by atoms with E-state index in [1.807, 2.05) is 0 Å². The van der Waals surface area contributed by atoms with E-state index < -0.39 is 35.3 Å². The molecule has 0 bridgehead atoms. The summed E-state index contributed by atoms with van der Waals surface area (Å²) in [6.07, 6.45) is -3.20. The summed E-state index contributed by atoms with van der Waals surface area (Å²) in [4.78, 5) is 38.3. The standard InChI is InChI=1S/C24H15F3N2O6S/c25-24(26,27)14-3-1-2-13(8-14)17-7-5-16(35-17)10-20-22(31)29(23(32)36-20)11-21(30)28-15-4-6-18-19(9-15)34-12-33-18/h1-10H,11-12H2,(H,28,30)/b20-10+. The Morgan fingerprint density at radius 1 is 1.06 bits per heavy atom. The zero-order valence-corrected chi connectivity index (χ0v) is 18.9. The van der Waals surface area contributed by atoms with Gasteiger partial charge in [-0.25, -0.2) is 0 Å². The van der Waals surface area contributed by atoms with Gasteiger partial charge >= 0.3 is 6.18 Å². The molecule has 3 amide bonds. The van der Waals surface area contributed by atoms with Gasteiger partial charge in [0, 0.05) is 23.4 Å². The number of nitrogens with zero attached hydrogens (tertiary/aromatic N) is 1. The van der Waals surface area contributed by atoms with E-state index in [4.69, 9.17) is 13.9 Å². The van der Waals surface area contributed by atoms with Crippen LogP contribution in [0.2, 0.25) is 0 Å². The summed E-state index contributed by atoms with van der Waals surface area (Å²) >= 11 is 0.625. The number of carbonyl (C=O) groups excluding carboxylic acids is 3. The van der Waals surface area contributed by atoms with Crippen molar-refractivity contribution in [3.63, 3.8) is 0 Å². The van der Waals surface area contributed by atoms with Crippen LogP contribution in [0.4, 0.5) is 23.7 Å². The van der Waals surface area contributed by atoms with Gasteiger partial charge in [0.2, 0.25) is 12.7 Å². The van der Waals surface area contributed by atoms with Gasteiger partial charge in [-0.2, -0.15) is 13.2 Å². The van der Waals surface area contributed by atoms with Crippen molar-refractivity contribution >= 4 is 40.6 Å². The minimum Gasteiger partial charge on any atom is -0.457 e. The van der Waals surface area contributed by atoms with E-state index in [1.54, 1.807) is 18.2 Å². The summed E-state index contributed by atoms with van der Waals surface area (Å²) in [5.74, 6) is 0.0422. The smallest absolute Gasteiger partial charge is 0.416 e. The molecule has 36 heavy (non-hydrogen) atoms. The number of nitrogens with one attached hydrogen (secondary N) is 1. The van der Waals surface area contributed by atoms with Gasteiger partial charge in [0.15, 0.2) is 11.5 Å². The third-order valence-electron chi connectivity index (χ3n) is 5.21. The molecule has 1 saturated heterocycles. The molecule has 5 rings (SSSR count). The summed E-state index contributed by atoms with van der Waals surface area (Å²) < 4.78 is 55.0. The maximum Gasteiger partial charge on any atom is 0.416 e. The molecular formula is C24H15F3N2O6S. The number of imide groups is 1. The lowest BCUT2D eigenvalue weighted by Crippen LogP contribution is -2.36. The molecule has 8 nitrogen and oxygen atoms in total. The van der Waals surface area contributed by atoms with Gasteiger partial charge in [0.25, 0.3) is 11.1 Å². The molecule has 2 aliphatic heterocycles. The Labute approximate surface area is 205 Å². The first-order valence-electron chi connectivity index (χ1n) is 10.4. The van der Waals surface area contributed by atoms with E-state index in [0.717, 1.165) is 17.0 Å². The molecule has 1 fully saturated rings. The van der Waals surface area contributed by atoms with Crippen LogP contribution in [-0.2, 0) is 15.8 Å². The molecule has 2 aliphatic rings. The Hall–Kier alpha value is -4.19. The normalized spacial score (nSPS) is 16.2. The largest absolute Gasteiger partial charge is 0.457 e. The van der Waals surface area contributed by atoms with E-state index in [2.05, 4.69) is 5.32 Å². The quantitative estimate of drug-likeness (QED) is 0.456. The van der Waals surface area contributed by atoms with Crippen LogP contribution in [0, 0.1) is 0 Å². The summed E-state index contributed by atoms with van der Waals surface area (Å²) in [6, 6.07) is 12.3. The Morgan fingerprint density at radius 2 is 1.86 bits per heavy atom. The van der Waals surface area contributed by atoms with Crippen molar-refractivity contribution in [2.24, 2.45) is 0 Å². The van der Waals surface area contributed by atoms with Crippen LogP contribution in [0.25, 0.3) is 17.4 Å². The molecule has 2 aromatic carbocycles. The van der Waals surface area contributed by atoms with Crippen molar-refractivity contribution in [1.82, 2.24) is 4.90 Å². The van der Waals surface area contributed by atoms with E-state index in [-0.39, 0.29) is 28.8 Å².